The smallest absolute Gasteiger partial charge is 0.268 e. The standard InChI is InChI=1S/C10H10N5/c11-5-9-1-3-10(4-2-9)6-15-8-14(12)7-13-15/h1-4,7-8H,6,12H2/q+1. The fourth-order valence-corrected chi connectivity index (χ4v) is 1.29. The Morgan fingerprint density at radius 3 is 2.67 bits per heavy atom. The summed E-state index contributed by atoms with van der Waals surface area (Å²) in [6, 6.07) is 9.46. The molecule has 2 aromatic rings. The third-order valence-corrected chi connectivity index (χ3v) is 2.03. The zero-order chi connectivity index (χ0) is 10.7. The Labute approximate surface area is 87.0 Å². The highest BCUT2D eigenvalue weighted by Crippen LogP contribution is 2.02. The van der Waals surface area contributed by atoms with Crippen molar-refractivity contribution in [2.45, 2.75) is 6.54 Å². The average molecular weight is 200 g/mol. The highest BCUT2D eigenvalue weighted by molar-refractivity contribution is 5.31. The molecule has 2 N–H and O–H groups in total. The third-order valence-electron chi connectivity index (χ3n) is 2.03. The summed E-state index contributed by atoms with van der Waals surface area (Å²) in [6.45, 7) is 0.649. The molecule has 0 unspecified atom stereocenters. The van der Waals surface area contributed by atoms with Crippen LogP contribution in [0.1, 0.15) is 11.1 Å². The quantitative estimate of drug-likeness (QED) is 0.539. The summed E-state index contributed by atoms with van der Waals surface area (Å²) in [7, 11) is 0. The molecule has 0 fully saturated rings. The maximum atomic E-state index is 8.63. The van der Waals surface area contributed by atoms with Crippen LogP contribution in [0, 0.1) is 11.3 Å². The van der Waals surface area contributed by atoms with Crippen LogP contribution in [0.2, 0.25) is 0 Å². The van der Waals surface area contributed by atoms with Gasteiger partial charge in [-0.2, -0.15) is 5.26 Å². The maximum Gasteiger partial charge on any atom is 0.289 e. The van der Waals surface area contributed by atoms with Gasteiger partial charge < -0.3 is 0 Å². The molecule has 0 atom stereocenters. The van der Waals surface area contributed by atoms with Crippen LogP contribution in [0.25, 0.3) is 0 Å². The van der Waals surface area contributed by atoms with Gasteiger partial charge in [-0.05, 0) is 22.8 Å². The monoisotopic (exact) mass is 200 g/mol. The molecule has 0 aliphatic carbocycles. The molecule has 0 saturated heterocycles. The van der Waals surface area contributed by atoms with Crippen molar-refractivity contribution in [3.63, 3.8) is 0 Å². The van der Waals surface area contributed by atoms with E-state index in [1.165, 1.54) is 11.0 Å². The first-order valence-electron chi connectivity index (χ1n) is 4.46. The zero-order valence-electron chi connectivity index (χ0n) is 8.04. The molecule has 2 rings (SSSR count). The SMILES string of the molecule is N#Cc1ccc(C[n+]2cn(N)cn2)cc1. The molecule has 1 heterocycles. The number of nitrogens with zero attached hydrogens (tertiary/aromatic N) is 4. The zero-order valence-corrected chi connectivity index (χ0v) is 8.04. The van der Waals surface area contributed by atoms with Gasteiger partial charge in [0.15, 0.2) is 0 Å². The first-order valence-corrected chi connectivity index (χ1v) is 4.46. The molecule has 0 amide bonds. The van der Waals surface area contributed by atoms with Gasteiger partial charge in [0.2, 0.25) is 6.33 Å². The number of nitrogens with two attached hydrogens (primary N) is 1. The Morgan fingerprint density at radius 1 is 1.40 bits per heavy atom. The Hall–Kier alpha value is -2.35. The van der Waals surface area contributed by atoms with Crippen molar-refractivity contribution in [3.8, 4) is 6.07 Å². The minimum atomic E-state index is 0.649. The minimum absolute atomic E-state index is 0.649. The van der Waals surface area contributed by atoms with Crippen LogP contribution >= 0.6 is 0 Å². The van der Waals surface area contributed by atoms with Crippen LogP contribution in [0.5, 0.6) is 0 Å². The predicted molar refractivity (Wildman–Crippen MR) is 52.8 cm³/mol. The van der Waals surface area contributed by atoms with Gasteiger partial charge in [0.25, 0.3) is 6.33 Å². The van der Waals surface area contributed by atoms with E-state index in [9.17, 15) is 0 Å². The summed E-state index contributed by atoms with van der Waals surface area (Å²) in [5, 5.41) is 12.7. The summed E-state index contributed by atoms with van der Waals surface area (Å²) in [5.74, 6) is 5.47. The molecule has 1 aromatic heterocycles. The van der Waals surface area contributed by atoms with Gasteiger partial charge in [-0.3, -0.25) is 5.84 Å². The van der Waals surface area contributed by atoms with E-state index < -0.39 is 0 Å². The summed E-state index contributed by atoms with van der Waals surface area (Å²) in [6.07, 6.45) is 3.22. The van der Waals surface area contributed by atoms with Crippen LogP contribution < -0.4 is 10.5 Å². The Bertz CT molecular complexity index is 491. The number of hydrogen-bond donors (Lipinski definition) is 1. The van der Waals surface area contributed by atoms with Gasteiger partial charge in [0.1, 0.15) is 6.54 Å². The largest absolute Gasteiger partial charge is 0.289 e. The molecule has 0 saturated carbocycles. The number of aromatic nitrogens is 3. The van der Waals surface area contributed by atoms with E-state index in [0.29, 0.717) is 12.1 Å². The van der Waals surface area contributed by atoms with E-state index in [1.54, 1.807) is 23.1 Å². The Morgan fingerprint density at radius 2 is 2.13 bits per heavy atom. The second kappa shape index (κ2) is 3.80. The second-order valence-corrected chi connectivity index (χ2v) is 3.20. The maximum absolute atomic E-state index is 8.63. The summed E-state index contributed by atoms with van der Waals surface area (Å²) < 4.78 is 3.12. The third kappa shape index (κ3) is 2.11. The summed E-state index contributed by atoms with van der Waals surface area (Å²) >= 11 is 0. The number of hydrogen-bond acceptors (Lipinski definition) is 3. The molecule has 0 radical (unpaired) electrons. The highest BCUT2D eigenvalue weighted by Gasteiger charge is 2.03. The van der Waals surface area contributed by atoms with Crippen molar-refractivity contribution >= 4 is 0 Å². The molecule has 0 aliphatic rings. The molecule has 15 heavy (non-hydrogen) atoms. The first kappa shape index (κ1) is 9.21. The van der Waals surface area contributed by atoms with E-state index in [0.717, 1.165) is 5.56 Å². The Kier molecular flexibility index (Phi) is 2.33. The number of benzene rings is 1. The molecule has 74 valence electrons. The second-order valence-electron chi connectivity index (χ2n) is 3.20. The van der Waals surface area contributed by atoms with Crippen molar-refractivity contribution in [2.24, 2.45) is 0 Å². The van der Waals surface area contributed by atoms with Gasteiger partial charge in [-0.15, -0.1) is 9.36 Å². The van der Waals surface area contributed by atoms with Crippen molar-refractivity contribution in [2.75, 3.05) is 5.84 Å². The van der Waals surface area contributed by atoms with Crippen molar-refractivity contribution in [3.05, 3.63) is 48.0 Å². The van der Waals surface area contributed by atoms with Crippen LogP contribution in [-0.4, -0.2) is 9.77 Å². The van der Waals surface area contributed by atoms with E-state index in [1.807, 2.05) is 12.1 Å². The molecule has 5 nitrogen and oxygen atoms in total. The minimum Gasteiger partial charge on any atom is -0.268 e. The van der Waals surface area contributed by atoms with Gasteiger partial charge in [0, 0.05) is 0 Å². The van der Waals surface area contributed by atoms with Crippen molar-refractivity contribution in [1.82, 2.24) is 9.77 Å². The highest BCUT2D eigenvalue weighted by atomic mass is 15.4. The molecule has 0 bridgehead atoms. The van der Waals surface area contributed by atoms with Crippen LogP contribution in [0.15, 0.2) is 36.9 Å². The van der Waals surface area contributed by atoms with Crippen LogP contribution in [-0.2, 0) is 6.54 Å². The van der Waals surface area contributed by atoms with Gasteiger partial charge in [-0.1, -0.05) is 12.1 Å². The van der Waals surface area contributed by atoms with Crippen LogP contribution in [0.4, 0.5) is 0 Å². The molecular formula is C10H10N5+. The lowest BCUT2D eigenvalue weighted by molar-refractivity contribution is -0.744. The fourth-order valence-electron chi connectivity index (χ4n) is 1.29. The van der Waals surface area contributed by atoms with Crippen molar-refractivity contribution < 1.29 is 4.68 Å². The predicted octanol–water partition coefficient (Wildman–Crippen LogP) is -0.196. The molecule has 0 spiro atoms. The topological polar surface area (TPSA) is 71.5 Å². The van der Waals surface area contributed by atoms with Crippen molar-refractivity contribution in [1.29, 1.82) is 5.26 Å². The lowest BCUT2D eigenvalue weighted by atomic mass is 10.1. The van der Waals surface area contributed by atoms with E-state index in [4.69, 9.17) is 11.1 Å². The number of nitrogen functional groups attached to an aromatic ring is 1. The van der Waals surface area contributed by atoms with Gasteiger partial charge >= 0.3 is 0 Å². The fraction of sp³-hybridized carbons (Fsp3) is 0.100. The van der Waals surface area contributed by atoms with E-state index in [2.05, 4.69) is 11.2 Å². The number of nitriles is 1. The normalized spacial score (nSPS) is 9.80. The Balaban J connectivity index is 2.15. The van der Waals surface area contributed by atoms with Gasteiger partial charge in [0.05, 0.1) is 11.6 Å². The lowest BCUT2D eigenvalue weighted by Gasteiger charge is -1.95. The first-order chi connectivity index (χ1) is 7.28. The summed E-state index contributed by atoms with van der Waals surface area (Å²) in [4.78, 5) is 0. The molecule has 1 aromatic carbocycles. The van der Waals surface area contributed by atoms with E-state index >= 15 is 0 Å². The summed E-state index contributed by atoms with van der Waals surface area (Å²) in [5.41, 5.74) is 1.74. The van der Waals surface area contributed by atoms with Gasteiger partial charge in [-0.25, -0.2) is 0 Å². The van der Waals surface area contributed by atoms with E-state index in [-0.39, 0.29) is 0 Å². The molecular weight excluding hydrogens is 190 g/mol. The molecule has 5 heteroatoms. The van der Waals surface area contributed by atoms with Crippen LogP contribution in [0.3, 0.4) is 0 Å². The number of rotatable bonds is 2. The average Bonchev–Trinajstić information content (AvgIpc) is 2.65. The molecule has 0 aliphatic heterocycles. The lowest BCUT2D eigenvalue weighted by Crippen LogP contribution is -2.35.